The molecule has 10 N–H and O–H groups in total. The number of nitrogens with two attached hydrogens (primary N) is 4. The van der Waals surface area contributed by atoms with Gasteiger partial charge in [-0.05, 0) is 37.1 Å². The van der Waals surface area contributed by atoms with Crippen LogP contribution in [0.4, 0.5) is 27.8 Å². The number of aromatic nitrogens is 1. The van der Waals surface area contributed by atoms with Crippen LogP contribution in [0.2, 0.25) is 0 Å². The van der Waals surface area contributed by atoms with Crippen LogP contribution in [0.5, 0.6) is 5.75 Å². The number of likely N-dealkylation sites (tertiary alicyclic amines) is 1. The number of carbonyl (C=O) groups excluding carboxylic acids is 2. The van der Waals surface area contributed by atoms with Crippen LogP contribution in [0.25, 0.3) is 0 Å². The molecule has 0 spiro atoms. The van der Waals surface area contributed by atoms with E-state index in [0.29, 0.717) is 29.5 Å². The number of amides is 2. The summed E-state index contributed by atoms with van der Waals surface area (Å²) < 4.78 is 10.3. The number of hydrogen-bond acceptors (Lipinski definition) is 10. The molecule has 1 saturated heterocycles. The van der Waals surface area contributed by atoms with E-state index in [1.165, 1.54) is 4.90 Å². The molecule has 3 rings (SSSR count). The molecule has 1 aliphatic rings. The normalized spacial score (nSPS) is 14.8. The molecule has 1 aliphatic heterocycles. The quantitative estimate of drug-likeness (QED) is 0.264. The van der Waals surface area contributed by atoms with E-state index in [4.69, 9.17) is 37.5 Å². The minimum atomic E-state index is -0.467. The van der Waals surface area contributed by atoms with Crippen LogP contribution in [0, 0.1) is 0 Å². The number of aliphatic hydroxyl groups excluding tert-OH is 1. The largest absolute Gasteiger partial charge is 0.455 e. The summed E-state index contributed by atoms with van der Waals surface area (Å²) in [6, 6.07) is 9.97. The Labute approximate surface area is 185 Å². The summed E-state index contributed by atoms with van der Waals surface area (Å²) in [5.74, 6) is 0.698. The standard InChI is InChI=1S/C13H18N2O4.C7H11N5O/c14-11-5-1-2-6-12(11)18-9-19-13(17)15-7-3-4-10(15)8-16;8-3-6(13)11-5-2-1-4(9)7(10)12-5/h1-2,5-6,10,16H,3-4,7-9,14H2;1-2H,3,8-9H2,(H3,10,11,12,13). The minimum absolute atomic E-state index is 0.0401. The van der Waals surface area contributed by atoms with Gasteiger partial charge in [-0.25, -0.2) is 9.78 Å². The van der Waals surface area contributed by atoms with Crippen LogP contribution in [0.15, 0.2) is 36.4 Å². The minimum Gasteiger partial charge on any atom is -0.455 e. The van der Waals surface area contributed by atoms with Crippen molar-refractivity contribution in [1.29, 1.82) is 0 Å². The lowest BCUT2D eigenvalue weighted by molar-refractivity contribution is -0.114. The van der Waals surface area contributed by atoms with Gasteiger partial charge in [-0.1, -0.05) is 12.1 Å². The van der Waals surface area contributed by atoms with Gasteiger partial charge in [0.25, 0.3) is 0 Å². The van der Waals surface area contributed by atoms with Crippen molar-refractivity contribution in [1.82, 2.24) is 9.88 Å². The first-order valence-corrected chi connectivity index (χ1v) is 9.89. The van der Waals surface area contributed by atoms with Gasteiger partial charge >= 0.3 is 6.09 Å². The summed E-state index contributed by atoms with van der Waals surface area (Å²) in [5, 5.41) is 11.6. The Kier molecular flexibility index (Phi) is 9.32. The number of nitrogens with zero attached hydrogens (tertiary/aromatic N) is 2. The van der Waals surface area contributed by atoms with E-state index in [-0.39, 0.29) is 37.7 Å². The van der Waals surface area contributed by atoms with Crippen molar-refractivity contribution >= 4 is 35.0 Å². The maximum Gasteiger partial charge on any atom is 0.412 e. The Morgan fingerprint density at radius 2 is 1.91 bits per heavy atom. The van der Waals surface area contributed by atoms with Gasteiger partial charge in [0, 0.05) is 6.54 Å². The van der Waals surface area contributed by atoms with Gasteiger partial charge < -0.3 is 47.7 Å². The van der Waals surface area contributed by atoms with E-state index < -0.39 is 6.09 Å². The maximum absolute atomic E-state index is 11.8. The molecule has 0 aliphatic carbocycles. The van der Waals surface area contributed by atoms with E-state index in [0.717, 1.165) is 12.8 Å². The first-order valence-electron chi connectivity index (χ1n) is 9.89. The average Bonchev–Trinajstić information content (AvgIpc) is 3.27. The van der Waals surface area contributed by atoms with Crippen molar-refractivity contribution in [3.63, 3.8) is 0 Å². The molecule has 0 bridgehead atoms. The highest BCUT2D eigenvalue weighted by atomic mass is 16.7. The highest BCUT2D eigenvalue weighted by Crippen LogP contribution is 2.21. The predicted octanol–water partition coefficient (Wildman–Crippen LogP) is 0.342. The summed E-state index contributed by atoms with van der Waals surface area (Å²) in [5.41, 5.74) is 22.5. The smallest absolute Gasteiger partial charge is 0.412 e. The lowest BCUT2D eigenvalue weighted by atomic mass is 10.2. The Balaban J connectivity index is 0.000000244. The lowest BCUT2D eigenvalue weighted by Gasteiger charge is -2.22. The Bertz CT molecular complexity index is 912. The molecule has 32 heavy (non-hydrogen) atoms. The molecule has 12 nitrogen and oxygen atoms in total. The van der Waals surface area contributed by atoms with Crippen molar-refractivity contribution in [2.75, 3.05) is 49.0 Å². The van der Waals surface area contributed by atoms with Gasteiger partial charge in [0.1, 0.15) is 17.4 Å². The molecular formula is C20H29N7O5. The molecule has 12 heteroatoms. The highest BCUT2D eigenvalue weighted by molar-refractivity contribution is 5.91. The van der Waals surface area contributed by atoms with Crippen molar-refractivity contribution in [2.24, 2.45) is 5.73 Å². The van der Waals surface area contributed by atoms with Gasteiger partial charge in [-0.15, -0.1) is 0 Å². The highest BCUT2D eigenvalue weighted by Gasteiger charge is 2.29. The Morgan fingerprint density at radius 3 is 2.56 bits per heavy atom. The van der Waals surface area contributed by atoms with Crippen LogP contribution in [0.3, 0.4) is 0 Å². The number of anilines is 4. The zero-order chi connectivity index (χ0) is 23.5. The third-order valence-electron chi connectivity index (χ3n) is 4.55. The Hall–Kier alpha value is -3.77. The fourth-order valence-corrected chi connectivity index (χ4v) is 2.85. The third-order valence-corrected chi connectivity index (χ3v) is 4.55. The average molecular weight is 447 g/mol. The number of benzene rings is 1. The molecule has 0 saturated carbocycles. The summed E-state index contributed by atoms with van der Waals surface area (Å²) >= 11 is 0. The second-order valence-corrected chi connectivity index (χ2v) is 6.81. The van der Waals surface area contributed by atoms with Gasteiger partial charge in [0.15, 0.2) is 0 Å². The predicted molar refractivity (Wildman–Crippen MR) is 120 cm³/mol. The number of aliphatic hydroxyl groups is 1. The van der Waals surface area contributed by atoms with E-state index >= 15 is 0 Å². The molecule has 2 aromatic rings. The van der Waals surface area contributed by atoms with E-state index in [9.17, 15) is 9.59 Å². The molecule has 1 aromatic carbocycles. The number of pyridine rings is 1. The molecular weight excluding hydrogens is 418 g/mol. The first kappa shape index (κ1) is 24.5. The zero-order valence-electron chi connectivity index (χ0n) is 17.6. The van der Waals surface area contributed by atoms with Crippen molar-refractivity contribution in [3.8, 4) is 5.75 Å². The molecule has 1 fully saturated rings. The SMILES string of the molecule is NCC(=O)Nc1ccc(N)c(N)n1.Nc1ccccc1OCOC(=O)N1CCCC1CO. The van der Waals surface area contributed by atoms with E-state index in [2.05, 4.69) is 10.3 Å². The van der Waals surface area contributed by atoms with Crippen molar-refractivity contribution in [2.45, 2.75) is 18.9 Å². The fraction of sp³-hybridized carbons (Fsp3) is 0.350. The summed E-state index contributed by atoms with van der Waals surface area (Å²) in [4.78, 5) is 28.0. The number of para-hydroxylation sites is 2. The molecule has 1 atom stereocenters. The molecule has 1 unspecified atom stereocenters. The number of carbonyl (C=O) groups is 2. The Morgan fingerprint density at radius 1 is 1.16 bits per heavy atom. The van der Waals surface area contributed by atoms with Crippen LogP contribution >= 0.6 is 0 Å². The van der Waals surface area contributed by atoms with Crippen LogP contribution < -0.4 is 33.0 Å². The topological polar surface area (TPSA) is 205 Å². The number of rotatable bonds is 6. The number of nitrogen functional groups attached to an aromatic ring is 3. The van der Waals surface area contributed by atoms with E-state index in [1.54, 1.807) is 36.4 Å². The van der Waals surface area contributed by atoms with Crippen molar-refractivity contribution in [3.05, 3.63) is 36.4 Å². The monoisotopic (exact) mass is 447 g/mol. The molecule has 0 radical (unpaired) electrons. The number of hydrogen-bond donors (Lipinski definition) is 6. The second-order valence-electron chi connectivity index (χ2n) is 6.81. The van der Waals surface area contributed by atoms with Gasteiger partial charge in [-0.3, -0.25) is 4.79 Å². The second kappa shape index (κ2) is 12.2. The molecule has 2 amide bonds. The fourth-order valence-electron chi connectivity index (χ4n) is 2.85. The summed E-state index contributed by atoms with van der Waals surface area (Å²) in [6.45, 7) is 0.285. The molecule has 1 aromatic heterocycles. The summed E-state index contributed by atoms with van der Waals surface area (Å²) in [7, 11) is 0. The first-order chi connectivity index (χ1) is 15.3. The lowest BCUT2D eigenvalue weighted by Crippen LogP contribution is -2.38. The van der Waals surface area contributed by atoms with Gasteiger partial charge in [0.05, 0.1) is 30.6 Å². The zero-order valence-corrected chi connectivity index (χ0v) is 17.6. The maximum atomic E-state index is 11.8. The van der Waals surface area contributed by atoms with E-state index in [1.807, 2.05) is 0 Å². The van der Waals surface area contributed by atoms with Gasteiger partial charge in [0.2, 0.25) is 12.7 Å². The van der Waals surface area contributed by atoms with Crippen molar-refractivity contribution < 1.29 is 24.2 Å². The number of nitrogens with one attached hydrogen (secondary N) is 1. The molecule has 174 valence electrons. The van der Waals surface area contributed by atoms with Crippen LogP contribution in [0.1, 0.15) is 12.8 Å². The van der Waals surface area contributed by atoms with Crippen LogP contribution in [-0.4, -0.2) is 59.5 Å². The summed E-state index contributed by atoms with van der Waals surface area (Å²) in [6.07, 6.45) is 1.22. The molecule has 2 heterocycles. The number of ether oxygens (including phenoxy) is 2. The van der Waals surface area contributed by atoms with Gasteiger partial charge in [-0.2, -0.15) is 0 Å². The third kappa shape index (κ3) is 7.18. The van der Waals surface area contributed by atoms with Crippen LogP contribution in [-0.2, 0) is 9.53 Å².